The third kappa shape index (κ3) is 5.82. The Hall–Kier alpha value is -2.45. The van der Waals surface area contributed by atoms with Crippen molar-refractivity contribution in [2.24, 2.45) is 0 Å². The van der Waals surface area contributed by atoms with Gasteiger partial charge in [-0.2, -0.15) is 0 Å². The van der Waals surface area contributed by atoms with E-state index in [-0.39, 0.29) is 18.4 Å². The molecule has 1 N–H and O–H groups in total. The molecule has 8 heteroatoms. The number of anilines is 1. The largest absolute Gasteiger partial charge is 0.497 e. The van der Waals surface area contributed by atoms with E-state index in [0.29, 0.717) is 36.0 Å². The molecular formula is C18H23N3O4S. The molecule has 0 aliphatic carbocycles. The number of ether oxygens (including phenoxy) is 2. The molecule has 26 heavy (non-hydrogen) atoms. The summed E-state index contributed by atoms with van der Waals surface area (Å²) in [6.45, 7) is 2.72. The average Bonchev–Trinajstić information content (AvgIpc) is 3.05. The lowest BCUT2D eigenvalue weighted by atomic mass is 10.2. The second-order valence-corrected chi connectivity index (χ2v) is 6.51. The highest BCUT2D eigenvalue weighted by Crippen LogP contribution is 2.16. The van der Waals surface area contributed by atoms with Gasteiger partial charge in [0.25, 0.3) is 5.91 Å². The first-order chi connectivity index (χ1) is 12.5. The van der Waals surface area contributed by atoms with Crippen molar-refractivity contribution < 1.29 is 19.1 Å². The molecule has 0 spiro atoms. The summed E-state index contributed by atoms with van der Waals surface area (Å²) in [6, 6.07) is 6.88. The zero-order valence-electron chi connectivity index (χ0n) is 15.2. The van der Waals surface area contributed by atoms with Crippen LogP contribution in [0.15, 0.2) is 29.6 Å². The average molecular weight is 377 g/mol. The summed E-state index contributed by atoms with van der Waals surface area (Å²) in [5.74, 6) is 0.0777. The minimum atomic E-state index is -0.284. The molecule has 0 aliphatic rings. The van der Waals surface area contributed by atoms with Crippen LogP contribution in [0.2, 0.25) is 0 Å². The molecule has 1 aromatic heterocycles. The number of rotatable bonds is 9. The monoisotopic (exact) mass is 377 g/mol. The Bertz CT molecular complexity index is 748. The lowest BCUT2D eigenvalue weighted by molar-refractivity contribution is -0.116. The molecule has 0 aliphatic heterocycles. The van der Waals surface area contributed by atoms with Crippen LogP contribution >= 0.6 is 11.3 Å². The smallest absolute Gasteiger partial charge is 0.254 e. The molecule has 1 heterocycles. The van der Waals surface area contributed by atoms with Gasteiger partial charge in [0, 0.05) is 31.2 Å². The lowest BCUT2D eigenvalue weighted by Crippen LogP contribution is -2.39. The molecular weight excluding hydrogens is 354 g/mol. The molecule has 0 unspecified atom stereocenters. The van der Waals surface area contributed by atoms with Gasteiger partial charge in [-0.25, -0.2) is 4.98 Å². The highest BCUT2D eigenvalue weighted by atomic mass is 32.1. The van der Waals surface area contributed by atoms with Crippen molar-refractivity contribution in [3.05, 3.63) is 40.9 Å². The second-order valence-electron chi connectivity index (χ2n) is 5.65. The van der Waals surface area contributed by atoms with E-state index in [2.05, 4.69) is 10.3 Å². The highest BCUT2D eigenvalue weighted by molar-refractivity contribution is 7.13. The van der Waals surface area contributed by atoms with E-state index in [0.717, 1.165) is 5.69 Å². The standard InChI is InChI=1S/C18H23N3O4S/c1-13-12-26-18(19-13)20-16(22)11-21(8-5-9-24-2)17(23)14-6-4-7-15(10-14)25-3/h4,6-7,10,12H,5,8-9,11H2,1-3H3,(H,19,20,22). The third-order valence-corrected chi connectivity index (χ3v) is 4.46. The predicted molar refractivity (Wildman–Crippen MR) is 101 cm³/mol. The van der Waals surface area contributed by atoms with Gasteiger partial charge >= 0.3 is 0 Å². The number of carbonyl (C=O) groups is 2. The van der Waals surface area contributed by atoms with Crippen LogP contribution in [0, 0.1) is 6.92 Å². The third-order valence-electron chi connectivity index (χ3n) is 3.58. The topological polar surface area (TPSA) is 80.8 Å². The van der Waals surface area contributed by atoms with Crippen molar-refractivity contribution in [2.45, 2.75) is 13.3 Å². The molecule has 2 rings (SSSR count). The molecule has 140 valence electrons. The van der Waals surface area contributed by atoms with Gasteiger partial charge in [0.2, 0.25) is 5.91 Å². The van der Waals surface area contributed by atoms with Crippen LogP contribution in [-0.4, -0.2) is 55.6 Å². The highest BCUT2D eigenvalue weighted by Gasteiger charge is 2.19. The van der Waals surface area contributed by atoms with Gasteiger partial charge in [-0.05, 0) is 31.5 Å². The summed E-state index contributed by atoms with van der Waals surface area (Å²) in [6.07, 6.45) is 0.635. The summed E-state index contributed by atoms with van der Waals surface area (Å²) in [7, 11) is 3.15. The van der Waals surface area contributed by atoms with E-state index in [9.17, 15) is 9.59 Å². The maximum absolute atomic E-state index is 12.8. The first kappa shape index (κ1) is 19.9. The number of aryl methyl sites for hydroxylation is 1. The van der Waals surface area contributed by atoms with Crippen molar-refractivity contribution in [3.63, 3.8) is 0 Å². The van der Waals surface area contributed by atoms with Crippen molar-refractivity contribution >= 4 is 28.3 Å². The SMILES string of the molecule is COCCCN(CC(=O)Nc1nc(C)cs1)C(=O)c1cccc(OC)c1. The molecule has 0 saturated carbocycles. The number of amides is 2. The number of aromatic nitrogens is 1. The van der Waals surface area contributed by atoms with Gasteiger partial charge in [-0.1, -0.05) is 6.07 Å². The first-order valence-electron chi connectivity index (χ1n) is 8.17. The fraction of sp³-hybridized carbons (Fsp3) is 0.389. The van der Waals surface area contributed by atoms with Crippen molar-refractivity contribution in [1.29, 1.82) is 0 Å². The molecule has 7 nitrogen and oxygen atoms in total. The number of nitrogens with zero attached hydrogens (tertiary/aromatic N) is 2. The quantitative estimate of drug-likeness (QED) is 0.680. The van der Waals surface area contributed by atoms with Gasteiger partial charge in [0.15, 0.2) is 5.13 Å². The normalized spacial score (nSPS) is 10.4. The maximum Gasteiger partial charge on any atom is 0.254 e. The van der Waals surface area contributed by atoms with Crippen molar-refractivity contribution in [3.8, 4) is 5.75 Å². The van der Waals surface area contributed by atoms with Crippen LogP contribution in [0.25, 0.3) is 0 Å². The zero-order valence-corrected chi connectivity index (χ0v) is 16.0. The minimum Gasteiger partial charge on any atom is -0.497 e. The van der Waals surface area contributed by atoms with Crippen LogP contribution in [-0.2, 0) is 9.53 Å². The maximum atomic E-state index is 12.8. The molecule has 2 aromatic rings. The van der Waals surface area contributed by atoms with E-state index < -0.39 is 0 Å². The van der Waals surface area contributed by atoms with Gasteiger partial charge < -0.3 is 19.7 Å². The Morgan fingerprint density at radius 2 is 2.12 bits per heavy atom. The molecule has 1 aromatic carbocycles. The Labute approximate surface area is 156 Å². The van der Waals surface area contributed by atoms with Crippen LogP contribution in [0.3, 0.4) is 0 Å². The van der Waals surface area contributed by atoms with Crippen LogP contribution < -0.4 is 10.1 Å². The van der Waals surface area contributed by atoms with E-state index >= 15 is 0 Å². The summed E-state index contributed by atoms with van der Waals surface area (Å²) in [5, 5.41) is 5.11. The fourth-order valence-corrected chi connectivity index (χ4v) is 3.04. The number of methoxy groups -OCH3 is 2. The first-order valence-corrected chi connectivity index (χ1v) is 9.05. The lowest BCUT2D eigenvalue weighted by Gasteiger charge is -2.22. The van der Waals surface area contributed by atoms with Crippen LogP contribution in [0.5, 0.6) is 5.75 Å². The molecule has 0 bridgehead atoms. The van der Waals surface area contributed by atoms with Crippen LogP contribution in [0.1, 0.15) is 22.5 Å². The summed E-state index contributed by atoms with van der Waals surface area (Å²) in [5.41, 5.74) is 1.31. The number of carbonyl (C=O) groups excluding carboxylic acids is 2. The van der Waals surface area contributed by atoms with E-state index in [1.807, 2.05) is 12.3 Å². The zero-order chi connectivity index (χ0) is 18.9. The fourth-order valence-electron chi connectivity index (χ4n) is 2.33. The Morgan fingerprint density at radius 1 is 1.31 bits per heavy atom. The molecule has 0 saturated heterocycles. The van der Waals surface area contributed by atoms with Gasteiger partial charge in [0.1, 0.15) is 12.3 Å². The van der Waals surface area contributed by atoms with Gasteiger partial charge in [-0.3, -0.25) is 9.59 Å². The molecule has 2 amide bonds. The Morgan fingerprint density at radius 3 is 2.77 bits per heavy atom. The molecule has 0 fully saturated rings. The van der Waals surface area contributed by atoms with E-state index in [4.69, 9.17) is 9.47 Å². The predicted octanol–water partition coefficient (Wildman–Crippen LogP) is 2.58. The van der Waals surface area contributed by atoms with Crippen molar-refractivity contribution in [1.82, 2.24) is 9.88 Å². The minimum absolute atomic E-state index is 0.0572. The van der Waals surface area contributed by atoms with Gasteiger partial charge in [-0.15, -0.1) is 11.3 Å². The number of benzene rings is 1. The Kier molecular flexibility index (Phi) is 7.55. The Balaban J connectivity index is 2.08. The second kappa shape index (κ2) is 9.88. The van der Waals surface area contributed by atoms with E-state index in [1.54, 1.807) is 38.5 Å². The number of thiazole rings is 1. The summed E-state index contributed by atoms with van der Waals surface area (Å²) in [4.78, 5) is 30.9. The molecule has 0 atom stereocenters. The van der Waals surface area contributed by atoms with E-state index in [1.165, 1.54) is 16.2 Å². The molecule has 0 radical (unpaired) electrons. The summed E-state index contributed by atoms with van der Waals surface area (Å²) < 4.78 is 10.2. The van der Waals surface area contributed by atoms with Crippen LogP contribution in [0.4, 0.5) is 5.13 Å². The van der Waals surface area contributed by atoms with Gasteiger partial charge in [0.05, 0.1) is 12.8 Å². The number of nitrogens with one attached hydrogen (secondary N) is 1. The van der Waals surface area contributed by atoms with Crippen molar-refractivity contribution in [2.75, 3.05) is 39.2 Å². The number of hydrogen-bond donors (Lipinski definition) is 1. The number of hydrogen-bond acceptors (Lipinski definition) is 6. The summed E-state index contributed by atoms with van der Waals surface area (Å²) >= 11 is 1.35.